The summed E-state index contributed by atoms with van der Waals surface area (Å²) in [5, 5.41) is 1.87. The van der Waals surface area contributed by atoms with E-state index >= 15 is 0 Å². The molecule has 50 heavy (non-hydrogen) atoms. The predicted molar refractivity (Wildman–Crippen MR) is 201 cm³/mol. The quantitative estimate of drug-likeness (QED) is 0.205. The number of fused-ring (bicyclic) bond motifs is 7. The largest absolute Gasteiger partial charge is 0.355 e. The van der Waals surface area contributed by atoms with Gasteiger partial charge in [0.05, 0.1) is 17.3 Å². The van der Waals surface area contributed by atoms with Crippen LogP contribution in [-0.2, 0) is 4.79 Å². The molecule has 1 saturated heterocycles. The van der Waals surface area contributed by atoms with Gasteiger partial charge in [-0.25, -0.2) is 4.99 Å². The van der Waals surface area contributed by atoms with Gasteiger partial charge in [0, 0.05) is 58.0 Å². The fourth-order valence-electron chi connectivity index (χ4n) is 7.64. The second-order valence-electron chi connectivity index (χ2n) is 12.9. The average molecular weight is 647 g/mol. The number of nitrogens with zero attached hydrogens (tertiary/aromatic N) is 2. The van der Waals surface area contributed by atoms with Crippen molar-refractivity contribution in [2.45, 2.75) is 6.42 Å². The van der Waals surface area contributed by atoms with Gasteiger partial charge in [-0.15, -0.1) is 0 Å². The van der Waals surface area contributed by atoms with Crippen LogP contribution in [0.25, 0.3) is 22.3 Å². The summed E-state index contributed by atoms with van der Waals surface area (Å²) < 4.78 is 0. The SMILES string of the molecule is CN1C(=O)C2C/C1=C(/c1ccccc1)c1ccc([nH]1)/C(c1ccccc1)=C1/C=CC(=N1)/C(c1ccccc1)=c1/cc/c([nH]1)=C/2c1ccccc1. The average Bonchev–Trinajstić information content (AvgIpc) is 3.99. The third kappa shape index (κ3) is 5.03. The molecular formula is C45H34N4O. The van der Waals surface area contributed by atoms with Gasteiger partial charge in [0.15, 0.2) is 0 Å². The number of hydrogen-bond acceptors (Lipinski definition) is 2. The van der Waals surface area contributed by atoms with Gasteiger partial charge in [0.2, 0.25) is 5.91 Å². The number of aromatic amines is 2. The fourth-order valence-corrected chi connectivity index (χ4v) is 7.64. The molecule has 0 spiro atoms. The molecule has 0 saturated carbocycles. The lowest BCUT2D eigenvalue weighted by Gasteiger charge is -2.17. The molecule has 1 atom stereocenters. The van der Waals surface area contributed by atoms with E-state index in [2.05, 4.69) is 131 Å². The van der Waals surface area contributed by atoms with Gasteiger partial charge in [-0.05, 0) is 64.2 Å². The molecule has 2 N–H and O–H groups in total. The van der Waals surface area contributed by atoms with Crippen LogP contribution in [0.15, 0.2) is 174 Å². The summed E-state index contributed by atoms with van der Waals surface area (Å²) in [7, 11) is 1.92. The predicted octanol–water partition coefficient (Wildman–Crippen LogP) is 7.46. The van der Waals surface area contributed by atoms with Crippen molar-refractivity contribution in [3.8, 4) is 0 Å². The first kappa shape index (κ1) is 29.7. The maximum Gasteiger partial charge on any atom is 0.234 e. The summed E-state index contributed by atoms with van der Waals surface area (Å²) in [5.74, 6) is -0.314. The van der Waals surface area contributed by atoms with Crippen molar-refractivity contribution >= 4 is 33.9 Å². The molecule has 6 aromatic rings. The van der Waals surface area contributed by atoms with E-state index < -0.39 is 0 Å². The van der Waals surface area contributed by atoms with Crippen molar-refractivity contribution in [1.82, 2.24) is 14.9 Å². The van der Waals surface area contributed by atoms with Crippen LogP contribution < -0.4 is 10.7 Å². The molecule has 9 rings (SSSR count). The highest BCUT2D eigenvalue weighted by Crippen LogP contribution is 2.42. The van der Waals surface area contributed by atoms with E-state index in [0.717, 1.165) is 83.7 Å². The Bertz CT molecular complexity index is 2510. The minimum atomic E-state index is -0.389. The lowest BCUT2D eigenvalue weighted by atomic mass is 9.89. The van der Waals surface area contributed by atoms with Crippen LogP contribution >= 0.6 is 0 Å². The van der Waals surface area contributed by atoms with E-state index in [9.17, 15) is 4.79 Å². The van der Waals surface area contributed by atoms with Crippen molar-refractivity contribution < 1.29 is 4.79 Å². The molecule has 5 heterocycles. The molecule has 2 aromatic heterocycles. The van der Waals surface area contributed by atoms with E-state index in [1.165, 1.54) is 0 Å². The van der Waals surface area contributed by atoms with Gasteiger partial charge in [0.25, 0.3) is 0 Å². The van der Waals surface area contributed by atoms with Gasteiger partial charge in [-0.2, -0.15) is 0 Å². The van der Waals surface area contributed by atoms with E-state index in [4.69, 9.17) is 4.99 Å². The van der Waals surface area contributed by atoms with Crippen LogP contribution in [0.2, 0.25) is 0 Å². The monoisotopic (exact) mass is 646 g/mol. The number of rotatable bonds is 4. The number of carbonyl (C=O) groups excluding carboxylic acids is 1. The summed E-state index contributed by atoms with van der Waals surface area (Å²) >= 11 is 0. The van der Waals surface area contributed by atoms with E-state index in [-0.39, 0.29) is 11.8 Å². The number of aromatic nitrogens is 2. The minimum absolute atomic E-state index is 0.0743. The second-order valence-corrected chi connectivity index (χ2v) is 12.9. The van der Waals surface area contributed by atoms with Crippen molar-refractivity contribution in [3.63, 3.8) is 0 Å². The third-order valence-electron chi connectivity index (χ3n) is 9.96. The molecule has 0 aliphatic carbocycles. The summed E-state index contributed by atoms with van der Waals surface area (Å²) in [6, 6.07) is 50.1. The van der Waals surface area contributed by atoms with Gasteiger partial charge in [0.1, 0.15) is 0 Å². The number of carbonyl (C=O) groups is 1. The first-order chi connectivity index (χ1) is 24.6. The van der Waals surface area contributed by atoms with Gasteiger partial charge in [-0.3, -0.25) is 4.79 Å². The lowest BCUT2D eigenvalue weighted by Crippen LogP contribution is -2.27. The number of amides is 1. The zero-order valence-corrected chi connectivity index (χ0v) is 27.6. The molecule has 3 aliphatic heterocycles. The van der Waals surface area contributed by atoms with Gasteiger partial charge >= 0.3 is 0 Å². The Balaban J connectivity index is 1.42. The lowest BCUT2D eigenvalue weighted by molar-refractivity contribution is -0.127. The Kier molecular flexibility index (Phi) is 7.24. The molecule has 1 fully saturated rings. The number of hydrogen-bond donors (Lipinski definition) is 2. The Morgan fingerprint density at radius 2 is 1.08 bits per heavy atom. The number of allylic oxidation sites excluding steroid dienone is 3. The van der Waals surface area contributed by atoms with Crippen LogP contribution in [0.1, 0.15) is 40.1 Å². The molecule has 1 amide bonds. The Morgan fingerprint density at radius 3 is 1.70 bits per heavy atom. The third-order valence-corrected chi connectivity index (χ3v) is 9.96. The van der Waals surface area contributed by atoms with Crippen LogP contribution in [0.3, 0.4) is 0 Å². The van der Waals surface area contributed by atoms with E-state index in [1.807, 2.05) is 48.3 Å². The highest BCUT2D eigenvalue weighted by molar-refractivity contribution is 6.30. The zero-order chi connectivity index (χ0) is 33.6. The molecule has 1 unspecified atom stereocenters. The topological polar surface area (TPSA) is 64.2 Å². The minimum Gasteiger partial charge on any atom is -0.355 e. The second kappa shape index (κ2) is 12.2. The zero-order valence-electron chi connectivity index (χ0n) is 27.6. The summed E-state index contributed by atoms with van der Waals surface area (Å²) in [5.41, 5.74) is 12.9. The molecule has 240 valence electrons. The van der Waals surface area contributed by atoms with Gasteiger partial charge < -0.3 is 14.9 Å². The molecule has 0 radical (unpaired) electrons. The Labute approximate surface area is 290 Å². The van der Waals surface area contributed by atoms with Crippen molar-refractivity contribution in [2.75, 3.05) is 7.05 Å². The first-order valence-corrected chi connectivity index (χ1v) is 17.0. The molecule has 3 aliphatic rings. The number of nitrogens with one attached hydrogen (secondary N) is 2. The van der Waals surface area contributed by atoms with Crippen molar-refractivity contribution in [1.29, 1.82) is 0 Å². The van der Waals surface area contributed by atoms with Gasteiger partial charge in [-0.1, -0.05) is 121 Å². The Hall–Kier alpha value is -6.46. The molecule has 4 aromatic carbocycles. The maximum absolute atomic E-state index is 14.5. The molecule has 8 bridgehead atoms. The van der Waals surface area contributed by atoms with E-state index in [1.54, 1.807) is 0 Å². The van der Waals surface area contributed by atoms with Crippen LogP contribution in [0.4, 0.5) is 0 Å². The summed E-state index contributed by atoms with van der Waals surface area (Å²) in [4.78, 5) is 29.3. The number of aliphatic imine (C=N–C) groups is 1. The smallest absolute Gasteiger partial charge is 0.234 e. The highest BCUT2D eigenvalue weighted by Gasteiger charge is 2.39. The van der Waals surface area contributed by atoms with Crippen LogP contribution in [0, 0.1) is 5.92 Å². The molecule has 5 heteroatoms. The van der Waals surface area contributed by atoms with Crippen molar-refractivity contribution in [2.24, 2.45) is 10.9 Å². The molecular weight excluding hydrogens is 613 g/mol. The number of benzene rings is 4. The summed E-state index contributed by atoms with van der Waals surface area (Å²) in [6.45, 7) is 0. The first-order valence-electron chi connectivity index (χ1n) is 17.0. The van der Waals surface area contributed by atoms with Crippen molar-refractivity contribution in [3.05, 3.63) is 213 Å². The summed E-state index contributed by atoms with van der Waals surface area (Å²) in [6.07, 6.45) is 4.79. The van der Waals surface area contributed by atoms with E-state index in [0.29, 0.717) is 6.42 Å². The standard InChI is InChI=1S/C45H34N4O/c1-49-40-28-33(45(49)50)41(29-14-6-2-7-15-29)34-22-23-35(46-34)42(30-16-8-3-9-17-30)36-24-25-37(47-36)43(31-18-10-4-11-19-31)38-26-27-39(48-38)44(40)32-20-12-5-13-21-32/h2-27,33,46,48H,28H2,1H3/b41-34-,42-35-,43-37-,44-40+. The number of likely N-dealkylation sites (tertiary alicyclic amines) is 1. The normalized spacial score (nSPS) is 22.3. The van der Waals surface area contributed by atoms with Crippen LogP contribution in [0.5, 0.6) is 0 Å². The van der Waals surface area contributed by atoms with Crippen LogP contribution in [-0.4, -0.2) is 33.5 Å². The Morgan fingerprint density at radius 1 is 0.560 bits per heavy atom. The fraction of sp³-hybridized carbons (Fsp3) is 0.0667. The number of H-pyrrole nitrogens is 2. The maximum atomic E-state index is 14.5. The highest BCUT2D eigenvalue weighted by atomic mass is 16.2. The molecule has 5 nitrogen and oxygen atoms in total.